The lowest BCUT2D eigenvalue weighted by molar-refractivity contribution is -0.122. The zero-order valence-electron chi connectivity index (χ0n) is 16.7. The highest BCUT2D eigenvalue weighted by molar-refractivity contribution is 5.81. The molecule has 1 N–H and O–H groups in total. The Morgan fingerprint density at radius 2 is 1.93 bits per heavy atom. The number of nitrogens with one attached hydrogen (secondary N) is 1. The van der Waals surface area contributed by atoms with E-state index in [0.29, 0.717) is 10.9 Å². The quantitative estimate of drug-likeness (QED) is 0.727. The first kappa shape index (κ1) is 19.3. The largest absolute Gasteiger partial charge is 0.352 e. The molecule has 0 bridgehead atoms. The van der Waals surface area contributed by atoms with E-state index >= 15 is 0 Å². The summed E-state index contributed by atoms with van der Waals surface area (Å²) < 4.78 is 1.60. The Bertz CT molecular complexity index is 1070. The Balaban J connectivity index is 1.31. The van der Waals surface area contributed by atoms with Gasteiger partial charge in [-0.2, -0.15) is 5.10 Å². The molecule has 3 aromatic rings. The fourth-order valence-electron chi connectivity index (χ4n) is 4.00. The minimum absolute atomic E-state index is 0.0663. The predicted octanol–water partition coefficient (Wildman–Crippen LogP) is 2.49. The van der Waals surface area contributed by atoms with Crippen LogP contribution in [-0.4, -0.2) is 39.7 Å². The fraction of sp³-hybridized carbons (Fsp3) is 0.348. The summed E-state index contributed by atoms with van der Waals surface area (Å²) in [5, 5.41) is 7.86. The number of carbonyl (C=O) groups excluding carboxylic acids is 1. The summed E-state index contributed by atoms with van der Waals surface area (Å²) in [5.74, 6) is -0.0663. The Morgan fingerprint density at radius 3 is 2.72 bits per heavy atom. The molecule has 4 rings (SSSR count). The first-order valence-electron chi connectivity index (χ1n) is 10.1. The molecule has 0 aliphatic carbocycles. The Morgan fingerprint density at radius 1 is 1.14 bits per heavy atom. The van der Waals surface area contributed by atoms with Gasteiger partial charge in [-0.25, -0.2) is 0 Å². The highest BCUT2D eigenvalue weighted by atomic mass is 16.2. The zero-order valence-corrected chi connectivity index (χ0v) is 16.7. The van der Waals surface area contributed by atoms with E-state index in [4.69, 9.17) is 0 Å². The number of carbonyl (C=O) groups is 1. The van der Waals surface area contributed by atoms with Gasteiger partial charge < -0.3 is 5.32 Å². The summed E-state index contributed by atoms with van der Waals surface area (Å²) in [4.78, 5) is 26.9. The molecule has 2 aromatic carbocycles. The lowest BCUT2D eigenvalue weighted by Crippen LogP contribution is -2.45. The number of nitrogens with zero attached hydrogens (tertiary/aromatic N) is 3. The maximum absolute atomic E-state index is 12.6. The van der Waals surface area contributed by atoms with E-state index in [-0.39, 0.29) is 23.9 Å². The van der Waals surface area contributed by atoms with Crippen LogP contribution in [0.3, 0.4) is 0 Å². The van der Waals surface area contributed by atoms with E-state index in [1.54, 1.807) is 10.7 Å². The second-order valence-electron chi connectivity index (χ2n) is 7.79. The van der Waals surface area contributed by atoms with Crippen LogP contribution in [0.1, 0.15) is 24.0 Å². The molecule has 1 amide bonds. The smallest absolute Gasteiger partial charge is 0.241 e. The highest BCUT2D eigenvalue weighted by Gasteiger charge is 2.21. The van der Waals surface area contributed by atoms with Crippen molar-refractivity contribution in [1.29, 1.82) is 0 Å². The number of aromatic nitrogens is 2. The van der Waals surface area contributed by atoms with Crippen molar-refractivity contribution in [3.8, 4) is 0 Å². The minimum atomic E-state index is -0.127. The summed E-state index contributed by atoms with van der Waals surface area (Å²) in [6.07, 6.45) is 3.16. The van der Waals surface area contributed by atoms with Gasteiger partial charge >= 0.3 is 0 Å². The van der Waals surface area contributed by atoms with Crippen LogP contribution in [0.5, 0.6) is 0 Å². The molecule has 0 unspecified atom stereocenters. The fourth-order valence-corrected chi connectivity index (χ4v) is 4.00. The van der Waals surface area contributed by atoms with Crippen molar-refractivity contribution < 1.29 is 4.79 Å². The topological polar surface area (TPSA) is 67.2 Å². The van der Waals surface area contributed by atoms with Crippen molar-refractivity contribution in [3.05, 3.63) is 76.1 Å². The summed E-state index contributed by atoms with van der Waals surface area (Å²) >= 11 is 0. The van der Waals surface area contributed by atoms with Crippen molar-refractivity contribution in [2.75, 3.05) is 13.1 Å². The lowest BCUT2D eigenvalue weighted by Gasteiger charge is -2.32. The maximum Gasteiger partial charge on any atom is 0.241 e. The normalized spacial score (nSPS) is 15.5. The number of para-hydroxylation sites is 1. The Hall–Kier alpha value is -2.99. The van der Waals surface area contributed by atoms with Crippen LogP contribution in [0.25, 0.3) is 10.9 Å². The summed E-state index contributed by atoms with van der Waals surface area (Å²) in [6.45, 7) is 5.13. The van der Waals surface area contributed by atoms with E-state index in [1.165, 1.54) is 17.3 Å². The molecule has 0 radical (unpaired) electrons. The van der Waals surface area contributed by atoms with Gasteiger partial charge in [-0.15, -0.1) is 0 Å². The van der Waals surface area contributed by atoms with Crippen molar-refractivity contribution in [2.24, 2.45) is 0 Å². The van der Waals surface area contributed by atoms with Crippen LogP contribution in [0, 0.1) is 6.92 Å². The van der Waals surface area contributed by atoms with Crippen LogP contribution < -0.4 is 10.7 Å². The number of amides is 1. The first-order chi connectivity index (χ1) is 14.1. The summed E-state index contributed by atoms with van der Waals surface area (Å²) in [5.41, 5.74) is 3.18. The van der Waals surface area contributed by atoms with Gasteiger partial charge in [-0.3, -0.25) is 19.2 Å². The van der Waals surface area contributed by atoms with Crippen LogP contribution in [0.4, 0.5) is 0 Å². The molecule has 6 nitrogen and oxygen atoms in total. The SMILES string of the molecule is Cc1cccc(CN2CCC(NC(=O)Cn3ncc(=O)c4ccccc43)CC2)c1. The van der Waals surface area contributed by atoms with E-state index in [9.17, 15) is 9.59 Å². The van der Waals surface area contributed by atoms with Gasteiger partial charge in [-0.05, 0) is 37.5 Å². The molecule has 29 heavy (non-hydrogen) atoms. The monoisotopic (exact) mass is 390 g/mol. The third-order valence-electron chi connectivity index (χ3n) is 5.50. The van der Waals surface area contributed by atoms with Crippen LogP contribution in [-0.2, 0) is 17.9 Å². The van der Waals surface area contributed by atoms with Crippen molar-refractivity contribution >= 4 is 16.8 Å². The lowest BCUT2D eigenvalue weighted by atomic mass is 10.0. The van der Waals surface area contributed by atoms with Gasteiger partial charge in [0, 0.05) is 31.1 Å². The average molecular weight is 390 g/mol. The molecule has 1 aliphatic heterocycles. The van der Waals surface area contributed by atoms with Gasteiger partial charge in [0.2, 0.25) is 11.3 Å². The third-order valence-corrected chi connectivity index (χ3v) is 5.50. The molecule has 150 valence electrons. The van der Waals surface area contributed by atoms with Gasteiger partial charge in [-0.1, -0.05) is 42.0 Å². The molecule has 2 heterocycles. The van der Waals surface area contributed by atoms with Gasteiger partial charge in [0.05, 0.1) is 11.7 Å². The number of hydrogen-bond acceptors (Lipinski definition) is 4. The van der Waals surface area contributed by atoms with Crippen LogP contribution in [0.2, 0.25) is 0 Å². The number of likely N-dealkylation sites (tertiary alicyclic amines) is 1. The molecule has 1 aromatic heterocycles. The minimum Gasteiger partial charge on any atom is -0.352 e. The van der Waals surface area contributed by atoms with E-state index < -0.39 is 0 Å². The molecule has 0 atom stereocenters. The van der Waals surface area contributed by atoms with E-state index in [0.717, 1.165) is 32.5 Å². The Labute approximate surface area is 170 Å². The second kappa shape index (κ2) is 8.57. The molecule has 1 saturated heterocycles. The molecule has 1 fully saturated rings. The number of piperidine rings is 1. The van der Waals surface area contributed by atoms with Gasteiger partial charge in [0.15, 0.2) is 0 Å². The number of aryl methyl sites for hydroxylation is 1. The van der Waals surface area contributed by atoms with E-state index in [1.807, 2.05) is 18.2 Å². The van der Waals surface area contributed by atoms with Gasteiger partial charge in [0.25, 0.3) is 0 Å². The number of rotatable bonds is 5. The van der Waals surface area contributed by atoms with Crippen molar-refractivity contribution in [1.82, 2.24) is 20.0 Å². The van der Waals surface area contributed by atoms with E-state index in [2.05, 4.69) is 46.5 Å². The molecule has 0 saturated carbocycles. The number of benzene rings is 2. The maximum atomic E-state index is 12.6. The highest BCUT2D eigenvalue weighted by Crippen LogP contribution is 2.15. The molecular formula is C23H26N4O2. The predicted molar refractivity (Wildman–Crippen MR) is 114 cm³/mol. The van der Waals surface area contributed by atoms with Crippen LogP contribution in [0.15, 0.2) is 59.5 Å². The van der Waals surface area contributed by atoms with Gasteiger partial charge in [0.1, 0.15) is 6.54 Å². The van der Waals surface area contributed by atoms with Crippen molar-refractivity contribution in [3.63, 3.8) is 0 Å². The summed E-state index contributed by atoms with van der Waals surface area (Å²) in [7, 11) is 0. The molecule has 6 heteroatoms. The third kappa shape index (κ3) is 4.71. The van der Waals surface area contributed by atoms with Crippen molar-refractivity contribution in [2.45, 2.75) is 38.9 Å². The average Bonchev–Trinajstić information content (AvgIpc) is 2.72. The zero-order chi connectivity index (χ0) is 20.2. The summed E-state index contributed by atoms with van der Waals surface area (Å²) in [6, 6.07) is 16.1. The number of fused-ring (bicyclic) bond motifs is 1. The second-order valence-corrected chi connectivity index (χ2v) is 7.79. The molecule has 1 aliphatic rings. The Kier molecular flexibility index (Phi) is 5.71. The number of hydrogen-bond donors (Lipinski definition) is 1. The molecule has 0 spiro atoms. The first-order valence-corrected chi connectivity index (χ1v) is 10.1. The standard InChI is InChI=1S/C23H26N4O2/c1-17-5-4-6-18(13-17)15-26-11-9-19(10-12-26)25-23(29)16-27-21-8-3-2-7-20(21)22(28)14-24-27/h2-8,13-14,19H,9-12,15-16H2,1H3,(H,25,29). The molecular weight excluding hydrogens is 364 g/mol. The van der Waals surface area contributed by atoms with Crippen LogP contribution >= 0.6 is 0 Å².